The third-order valence-electron chi connectivity index (χ3n) is 7.00. The van der Waals surface area contributed by atoms with Gasteiger partial charge in [-0.05, 0) is 76.6 Å². The van der Waals surface area contributed by atoms with Crippen LogP contribution >= 0.6 is 11.3 Å². The molecule has 1 aliphatic carbocycles. The first-order valence-electron chi connectivity index (χ1n) is 12.7. The third kappa shape index (κ3) is 5.07. The molecule has 5 rings (SSSR count). The van der Waals surface area contributed by atoms with Gasteiger partial charge in [-0.3, -0.25) is 14.9 Å². The van der Waals surface area contributed by atoms with Crippen LogP contribution in [-0.2, 0) is 4.74 Å². The van der Waals surface area contributed by atoms with E-state index in [4.69, 9.17) is 9.72 Å². The molecule has 0 atom stereocenters. The Morgan fingerprint density at radius 1 is 1.11 bits per heavy atom. The molecule has 1 spiro atoms. The van der Waals surface area contributed by atoms with Gasteiger partial charge in [0, 0.05) is 25.7 Å². The third-order valence-corrected chi connectivity index (χ3v) is 8.09. The Labute approximate surface area is 220 Å². The number of hydrogen-bond donors (Lipinski definition) is 2. The summed E-state index contributed by atoms with van der Waals surface area (Å²) >= 11 is 1.16. The lowest BCUT2D eigenvalue weighted by Crippen LogP contribution is -2.43. The number of amides is 3. The highest BCUT2D eigenvalue weighted by atomic mass is 32.1. The summed E-state index contributed by atoms with van der Waals surface area (Å²) in [6.07, 6.45) is 2.48. The van der Waals surface area contributed by atoms with Crippen molar-refractivity contribution in [3.63, 3.8) is 0 Å². The van der Waals surface area contributed by atoms with Crippen LogP contribution in [0.25, 0.3) is 11.0 Å². The van der Waals surface area contributed by atoms with E-state index in [1.54, 1.807) is 12.1 Å². The summed E-state index contributed by atoms with van der Waals surface area (Å²) in [5.74, 6) is 0.0275. The van der Waals surface area contributed by atoms with Crippen LogP contribution in [-0.4, -0.2) is 57.6 Å². The Hall–Kier alpha value is -3.40. The maximum Gasteiger partial charge on any atom is 0.410 e. The zero-order chi connectivity index (χ0) is 26.4. The lowest BCUT2D eigenvalue weighted by atomic mass is 9.65. The minimum absolute atomic E-state index is 0.0590. The van der Waals surface area contributed by atoms with Crippen molar-refractivity contribution >= 4 is 46.2 Å². The number of nitrogens with zero attached hydrogens (tertiary/aromatic N) is 3. The maximum atomic E-state index is 13.1. The van der Waals surface area contributed by atoms with E-state index in [1.807, 2.05) is 56.9 Å². The molecular weight excluding hydrogens is 490 g/mol. The fourth-order valence-corrected chi connectivity index (χ4v) is 6.19. The van der Waals surface area contributed by atoms with E-state index in [1.165, 1.54) is 0 Å². The number of rotatable bonds is 5. The minimum atomic E-state index is -0.513. The van der Waals surface area contributed by atoms with Crippen LogP contribution in [0.15, 0.2) is 36.4 Å². The molecule has 2 aromatic heterocycles. The number of fused-ring (bicyclic) bond motifs is 1. The molecule has 1 saturated carbocycles. The number of imidazole rings is 1. The lowest BCUT2D eigenvalue weighted by Gasteiger charge is -2.46. The molecule has 1 aliphatic heterocycles. The van der Waals surface area contributed by atoms with Gasteiger partial charge in [0.25, 0.3) is 11.8 Å². The largest absolute Gasteiger partial charge is 0.444 e. The van der Waals surface area contributed by atoms with E-state index in [0.717, 1.165) is 41.6 Å². The number of para-hydroxylation sites is 2. The average Bonchev–Trinajstić information content (AvgIpc) is 3.54. The molecule has 2 aliphatic rings. The summed E-state index contributed by atoms with van der Waals surface area (Å²) in [7, 11) is 0. The van der Waals surface area contributed by atoms with E-state index < -0.39 is 5.60 Å². The number of ether oxygens (including phenoxy) is 1. The molecule has 3 aromatic rings. The second kappa shape index (κ2) is 9.48. The first-order valence-corrected chi connectivity index (χ1v) is 13.5. The predicted octanol–water partition coefficient (Wildman–Crippen LogP) is 5.06. The van der Waals surface area contributed by atoms with E-state index in [9.17, 15) is 14.4 Å². The maximum absolute atomic E-state index is 13.1. The van der Waals surface area contributed by atoms with Crippen LogP contribution < -0.4 is 10.6 Å². The molecule has 1 aromatic carbocycles. The van der Waals surface area contributed by atoms with Crippen molar-refractivity contribution in [3.05, 3.63) is 46.2 Å². The minimum Gasteiger partial charge on any atom is -0.444 e. The Balaban J connectivity index is 1.32. The number of anilines is 1. The van der Waals surface area contributed by atoms with Gasteiger partial charge < -0.3 is 19.5 Å². The smallest absolute Gasteiger partial charge is 0.410 e. The van der Waals surface area contributed by atoms with Gasteiger partial charge in [0.2, 0.25) is 5.95 Å². The molecule has 37 heavy (non-hydrogen) atoms. The van der Waals surface area contributed by atoms with Crippen molar-refractivity contribution in [1.82, 2.24) is 19.8 Å². The number of carbonyl (C=O) groups is 3. The Morgan fingerprint density at radius 3 is 2.51 bits per heavy atom. The van der Waals surface area contributed by atoms with Gasteiger partial charge in [-0.2, -0.15) is 0 Å². The van der Waals surface area contributed by atoms with Crippen molar-refractivity contribution in [3.8, 4) is 0 Å². The summed E-state index contributed by atoms with van der Waals surface area (Å²) in [5.41, 5.74) is 1.33. The van der Waals surface area contributed by atoms with Gasteiger partial charge >= 0.3 is 6.09 Å². The van der Waals surface area contributed by atoms with Crippen LogP contribution in [0.4, 0.5) is 10.7 Å². The van der Waals surface area contributed by atoms with Gasteiger partial charge in [-0.25, -0.2) is 9.78 Å². The average molecular weight is 524 g/mol. The van der Waals surface area contributed by atoms with Crippen molar-refractivity contribution in [1.29, 1.82) is 0 Å². The summed E-state index contributed by atoms with van der Waals surface area (Å²) in [6.45, 7) is 9.41. The molecule has 10 heteroatoms. The highest BCUT2D eigenvalue weighted by molar-refractivity contribution is 7.16. The van der Waals surface area contributed by atoms with E-state index in [2.05, 4.69) is 15.2 Å². The zero-order valence-corrected chi connectivity index (χ0v) is 22.5. The van der Waals surface area contributed by atoms with E-state index in [0.29, 0.717) is 35.3 Å². The molecule has 2 N–H and O–H groups in total. The molecule has 0 unspecified atom stereocenters. The van der Waals surface area contributed by atoms with Crippen LogP contribution in [0.3, 0.4) is 0 Å². The number of benzene rings is 1. The number of likely N-dealkylation sites (tertiary alicyclic amines) is 1. The molecule has 0 bridgehead atoms. The molecule has 3 heterocycles. The SMILES string of the molecule is CCNC(=O)c1ccc(C(=O)Nc2nc3ccccc3n2[C@H]2C[C@@]3(CCN(C(=O)OC(C)(C)C)C3)C2)s1. The van der Waals surface area contributed by atoms with Crippen LogP contribution in [0, 0.1) is 5.41 Å². The van der Waals surface area contributed by atoms with Gasteiger partial charge in [-0.15, -0.1) is 11.3 Å². The van der Waals surface area contributed by atoms with Crippen molar-refractivity contribution in [2.75, 3.05) is 25.0 Å². The quantitative estimate of drug-likeness (QED) is 0.486. The summed E-state index contributed by atoms with van der Waals surface area (Å²) < 4.78 is 7.69. The zero-order valence-electron chi connectivity index (χ0n) is 21.7. The van der Waals surface area contributed by atoms with Crippen LogP contribution in [0.2, 0.25) is 0 Å². The highest BCUT2D eigenvalue weighted by Crippen LogP contribution is 2.55. The number of hydrogen-bond acceptors (Lipinski definition) is 6. The summed E-state index contributed by atoms with van der Waals surface area (Å²) in [6, 6.07) is 11.4. The van der Waals surface area contributed by atoms with Gasteiger partial charge in [0.1, 0.15) is 5.60 Å². The number of aromatic nitrogens is 2. The van der Waals surface area contributed by atoms with Gasteiger partial charge in [0.15, 0.2) is 0 Å². The molecular formula is C27H33N5O4S. The number of carbonyl (C=O) groups excluding carboxylic acids is 3. The molecule has 3 amide bonds. The lowest BCUT2D eigenvalue weighted by molar-refractivity contribution is 0.0199. The topological polar surface area (TPSA) is 106 Å². The monoisotopic (exact) mass is 523 g/mol. The van der Waals surface area contributed by atoms with Gasteiger partial charge in [-0.1, -0.05) is 12.1 Å². The Kier molecular flexibility index (Phi) is 6.47. The molecule has 196 valence electrons. The van der Waals surface area contributed by atoms with Gasteiger partial charge in [0.05, 0.1) is 20.8 Å². The molecule has 1 saturated heterocycles. The second-order valence-corrected chi connectivity index (χ2v) is 12.1. The number of nitrogens with one attached hydrogen (secondary N) is 2. The second-order valence-electron chi connectivity index (χ2n) is 11.0. The first kappa shape index (κ1) is 25.3. The van der Waals surface area contributed by atoms with E-state index >= 15 is 0 Å². The standard InChI is InChI=1S/C27H33N5O4S/c1-5-28-22(33)20-10-11-21(37-20)23(34)30-24-29-18-8-6-7-9-19(18)32(24)17-14-27(15-17)12-13-31(16-27)25(35)36-26(2,3)4/h6-11,17H,5,12-16H2,1-4H3,(H,28,33)(H,29,30,34)/t17-,27-. The Morgan fingerprint density at radius 2 is 1.81 bits per heavy atom. The normalized spacial score (nSPS) is 21.2. The van der Waals surface area contributed by atoms with Crippen molar-refractivity contribution in [2.45, 2.75) is 58.6 Å². The first-order chi connectivity index (χ1) is 17.6. The summed E-state index contributed by atoms with van der Waals surface area (Å²) in [4.78, 5) is 45.3. The molecule has 2 fully saturated rings. The van der Waals surface area contributed by atoms with Crippen LogP contribution in [0.1, 0.15) is 72.3 Å². The van der Waals surface area contributed by atoms with Crippen LogP contribution in [0.5, 0.6) is 0 Å². The number of thiophene rings is 1. The van der Waals surface area contributed by atoms with Crippen molar-refractivity contribution < 1.29 is 19.1 Å². The summed E-state index contributed by atoms with van der Waals surface area (Å²) in [5, 5.41) is 5.74. The van der Waals surface area contributed by atoms with E-state index in [-0.39, 0.29) is 29.4 Å². The fourth-order valence-electron chi connectivity index (χ4n) is 5.37. The van der Waals surface area contributed by atoms with Crippen molar-refractivity contribution in [2.24, 2.45) is 5.41 Å². The molecule has 0 radical (unpaired) electrons. The molecule has 9 nitrogen and oxygen atoms in total. The Bertz CT molecular complexity index is 1350. The highest BCUT2D eigenvalue weighted by Gasteiger charge is 2.51. The predicted molar refractivity (Wildman–Crippen MR) is 143 cm³/mol. The fraction of sp³-hybridized carbons (Fsp3) is 0.481.